The highest BCUT2D eigenvalue weighted by Crippen LogP contribution is 2.37. The van der Waals surface area contributed by atoms with E-state index < -0.39 is 0 Å². The highest BCUT2D eigenvalue weighted by Gasteiger charge is 2.20. The monoisotopic (exact) mass is 1090 g/mol. The molecule has 0 radical (unpaired) electrons. The molecular weight excluding hydrogens is 1010 g/mol. The fourth-order valence-electron chi connectivity index (χ4n) is 12.5. The molecule has 5 nitrogen and oxygen atoms in total. The number of hydrogen-bond donors (Lipinski definition) is 0. The first-order valence-corrected chi connectivity index (χ1v) is 30.5. The van der Waals surface area contributed by atoms with Crippen LogP contribution in [0.15, 0.2) is 243 Å². The Balaban J connectivity index is 0.738. The van der Waals surface area contributed by atoms with E-state index in [0.29, 0.717) is 24.9 Å². The minimum Gasteiger partial charge on any atom is -0.490 e. The molecule has 13 rings (SSSR count). The summed E-state index contributed by atoms with van der Waals surface area (Å²) in [4.78, 5) is 4.85. The van der Waals surface area contributed by atoms with Gasteiger partial charge in [0.25, 0.3) is 0 Å². The first-order valence-electron chi connectivity index (χ1n) is 30.5. The number of aryl methyl sites for hydroxylation is 1. The van der Waals surface area contributed by atoms with Crippen molar-refractivity contribution in [3.8, 4) is 72.9 Å². The fraction of sp³-hybridized carbons (Fsp3) is 0.231. The lowest BCUT2D eigenvalue weighted by Crippen LogP contribution is -2.16. The number of nitrogens with zero attached hydrogens (tertiary/aromatic N) is 2. The van der Waals surface area contributed by atoms with Crippen LogP contribution in [0.1, 0.15) is 93.7 Å². The summed E-state index contributed by atoms with van der Waals surface area (Å²) in [5.74, 6) is 2.88. The second kappa shape index (κ2) is 25.1. The molecule has 0 aromatic heterocycles. The van der Waals surface area contributed by atoms with Gasteiger partial charge in [0.05, 0.1) is 18.3 Å². The van der Waals surface area contributed by atoms with Gasteiger partial charge in [0.15, 0.2) is 0 Å². The molecule has 0 saturated heterocycles. The van der Waals surface area contributed by atoms with E-state index in [1.165, 1.54) is 111 Å². The van der Waals surface area contributed by atoms with Gasteiger partial charge in [-0.05, 0) is 236 Å². The predicted octanol–water partition coefficient (Wildman–Crippen LogP) is 21.0. The van der Waals surface area contributed by atoms with Crippen LogP contribution >= 0.6 is 0 Å². The SMILES string of the molecule is Cc1ccc(-c2ccc(CN(c3ccc(-c4ccc(CN(c5ccc(-c6ccc(OC7CCCC7)cc6)cc5)c5ccc(-c6ccc(OC7CCCC7)cc6)cc5)cc4)cc3)c3ccc(-c4ccc(OC5CCCC5)cc4)cc3)cc2)cc1. The number of ether oxygens (including phenoxy) is 3. The maximum atomic E-state index is 6.29. The lowest BCUT2D eigenvalue weighted by Gasteiger charge is -2.26. The van der Waals surface area contributed by atoms with Gasteiger partial charge in [-0.2, -0.15) is 0 Å². The molecular formula is C78H74N2O3. The summed E-state index contributed by atoms with van der Waals surface area (Å²) in [6, 6.07) is 88.9. The van der Waals surface area contributed by atoms with Crippen LogP contribution in [0.4, 0.5) is 22.7 Å². The molecule has 3 fully saturated rings. The fourth-order valence-corrected chi connectivity index (χ4v) is 12.5. The second-order valence-electron chi connectivity index (χ2n) is 23.3. The van der Waals surface area contributed by atoms with Crippen molar-refractivity contribution in [3.05, 3.63) is 259 Å². The molecule has 83 heavy (non-hydrogen) atoms. The van der Waals surface area contributed by atoms with E-state index >= 15 is 0 Å². The maximum Gasteiger partial charge on any atom is 0.119 e. The van der Waals surface area contributed by atoms with E-state index in [1.54, 1.807) is 0 Å². The van der Waals surface area contributed by atoms with Gasteiger partial charge in [0.2, 0.25) is 0 Å². The molecule has 0 N–H and O–H groups in total. The van der Waals surface area contributed by atoms with Crippen LogP contribution in [-0.4, -0.2) is 18.3 Å². The van der Waals surface area contributed by atoms with Gasteiger partial charge in [-0.15, -0.1) is 0 Å². The summed E-state index contributed by atoms with van der Waals surface area (Å²) in [7, 11) is 0. The lowest BCUT2D eigenvalue weighted by atomic mass is 10.0. The molecule has 3 aliphatic carbocycles. The minimum absolute atomic E-state index is 0.347. The van der Waals surface area contributed by atoms with Gasteiger partial charge in [-0.3, -0.25) is 0 Å². The van der Waals surface area contributed by atoms with Crippen LogP contribution in [0.2, 0.25) is 0 Å². The van der Waals surface area contributed by atoms with E-state index in [-0.39, 0.29) is 0 Å². The minimum atomic E-state index is 0.347. The average molecular weight is 1090 g/mol. The molecule has 0 bridgehead atoms. The standard InChI is InChI=1S/C78H74N2O3/c1-56-14-20-59(21-15-56)60-22-16-57(17-23-60)54-79(70-42-28-63(29-43-70)66-34-48-76(49-35-66)81-73-8-2-3-9-73)69-40-26-62(27-41-69)61-24-18-58(19-25-61)55-80(71-44-30-64(31-45-71)67-36-50-77(51-37-67)82-74-10-4-5-11-74)72-46-32-65(33-47-72)68-38-52-78(53-39-68)83-75-12-6-7-13-75/h14-53,73-75H,2-13,54-55H2,1H3. The summed E-state index contributed by atoms with van der Waals surface area (Å²) in [5.41, 5.74) is 20.2. The number of hydrogen-bond acceptors (Lipinski definition) is 5. The topological polar surface area (TPSA) is 34.2 Å². The molecule has 0 spiro atoms. The van der Waals surface area contributed by atoms with Gasteiger partial charge >= 0.3 is 0 Å². The summed E-state index contributed by atoms with van der Waals surface area (Å²) < 4.78 is 18.9. The Morgan fingerprint density at radius 1 is 0.253 bits per heavy atom. The Morgan fingerprint density at radius 2 is 0.446 bits per heavy atom. The molecule has 0 aliphatic heterocycles. The van der Waals surface area contributed by atoms with Crippen molar-refractivity contribution in [3.63, 3.8) is 0 Å². The molecule has 10 aromatic carbocycles. The van der Waals surface area contributed by atoms with E-state index in [1.807, 2.05) is 0 Å². The largest absolute Gasteiger partial charge is 0.490 e. The quantitative estimate of drug-likeness (QED) is 0.0806. The zero-order chi connectivity index (χ0) is 55.7. The normalized spacial score (nSPS) is 14.7. The van der Waals surface area contributed by atoms with Crippen molar-refractivity contribution in [1.82, 2.24) is 0 Å². The summed E-state index contributed by atoms with van der Waals surface area (Å²) in [5, 5.41) is 0. The summed E-state index contributed by atoms with van der Waals surface area (Å²) in [6.45, 7) is 3.57. The summed E-state index contributed by atoms with van der Waals surface area (Å²) >= 11 is 0. The molecule has 414 valence electrons. The van der Waals surface area contributed by atoms with Gasteiger partial charge in [0, 0.05) is 35.8 Å². The Morgan fingerprint density at radius 3 is 0.675 bits per heavy atom. The van der Waals surface area contributed by atoms with E-state index in [2.05, 4.69) is 259 Å². The van der Waals surface area contributed by atoms with E-state index in [4.69, 9.17) is 14.2 Å². The van der Waals surface area contributed by atoms with Crippen molar-refractivity contribution in [2.45, 2.75) is 115 Å². The van der Waals surface area contributed by atoms with Crippen LogP contribution in [-0.2, 0) is 13.1 Å². The molecule has 0 unspecified atom stereocenters. The van der Waals surface area contributed by atoms with E-state index in [0.717, 1.165) is 85.1 Å². The number of anilines is 4. The third-order valence-electron chi connectivity index (χ3n) is 17.4. The first-order chi connectivity index (χ1) is 40.9. The highest BCUT2D eigenvalue weighted by atomic mass is 16.5. The molecule has 0 heterocycles. The zero-order valence-electron chi connectivity index (χ0n) is 47.8. The van der Waals surface area contributed by atoms with Crippen LogP contribution in [0, 0.1) is 6.92 Å². The Hall–Kier alpha value is -8.80. The smallest absolute Gasteiger partial charge is 0.119 e. The van der Waals surface area contributed by atoms with Crippen molar-refractivity contribution in [2.24, 2.45) is 0 Å². The molecule has 3 aliphatic rings. The van der Waals surface area contributed by atoms with Crippen molar-refractivity contribution >= 4 is 22.7 Å². The molecule has 3 saturated carbocycles. The predicted molar refractivity (Wildman–Crippen MR) is 344 cm³/mol. The van der Waals surface area contributed by atoms with Crippen LogP contribution in [0.25, 0.3) is 55.6 Å². The Kier molecular flexibility index (Phi) is 16.2. The number of benzene rings is 10. The van der Waals surface area contributed by atoms with Gasteiger partial charge in [-0.25, -0.2) is 0 Å². The van der Waals surface area contributed by atoms with E-state index in [9.17, 15) is 0 Å². The maximum absolute atomic E-state index is 6.29. The Labute approximate surface area is 491 Å². The molecule has 0 amide bonds. The van der Waals surface area contributed by atoms with Crippen molar-refractivity contribution in [2.75, 3.05) is 9.80 Å². The van der Waals surface area contributed by atoms with Crippen molar-refractivity contribution in [1.29, 1.82) is 0 Å². The van der Waals surface area contributed by atoms with Crippen molar-refractivity contribution < 1.29 is 14.2 Å². The third-order valence-corrected chi connectivity index (χ3v) is 17.4. The zero-order valence-corrected chi connectivity index (χ0v) is 47.8. The van der Waals surface area contributed by atoms with Crippen LogP contribution in [0.5, 0.6) is 17.2 Å². The van der Waals surface area contributed by atoms with Gasteiger partial charge in [-0.1, -0.05) is 163 Å². The van der Waals surface area contributed by atoms with Gasteiger partial charge < -0.3 is 24.0 Å². The second-order valence-corrected chi connectivity index (χ2v) is 23.3. The molecule has 5 heteroatoms. The first kappa shape index (κ1) is 53.5. The number of rotatable bonds is 19. The Bertz CT molecular complexity index is 3550. The average Bonchev–Trinajstić information content (AvgIpc) is 4.53. The summed E-state index contributed by atoms with van der Waals surface area (Å²) in [6.07, 6.45) is 15.5. The van der Waals surface area contributed by atoms with Crippen LogP contribution in [0.3, 0.4) is 0 Å². The van der Waals surface area contributed by atoms with Crippen LogP contribution < -0.4 is 24.0 Å². The van der Waals surface area contributed by atoms with Gasteiger partial charge in [0.1, 0.15) is 17.2 Å². The third kappa shape index (κ3) is 13.1. The highest BCUT2D eigenvalue weighted by molar-refractivity contribution is 5.76. The lowest BCUT2D eigenvalue weighted by molar-refractivity contribution is 0.210. The molecule has 0 atom stereocenters. The molecule has 10 aromatic rings.